The molecule has 0 aliphatic heterocycles. The van der Waals surface area contributed by atoms with Gasteiger partial charge in [-0.25, -0.2) is 4.79 Å². The molecule has 0 unspecified atom stereocenters. The van der Waals surface area contributed by atoms with Crippen molar-refractivity contribution in [2.45, 2.75) is 6.42 Å². The molecule has 12 heavy (non-hydrogen) atoms. The summed E-state index contributed by atoms with van der Waals surface area (Å²) in [6.07, 6.45) is 0.724. The fourth-order valence-corrected chi connectivity index (χ4v) is 1.35. The van der Waals surface area contributed by atoms with E-state index in [1.165, 1.54) is 0 Å². The third-order valence-corrected chi connectivity index (χ3v) is 2.21. The van der Waals surface area contributed by atoms with Crippen LogP contribution in [-0.4, -0.2) is 34.9 Å². The topological polar surface area (TPSA) is 75.1 Å². The van der Waals surface area contributed by atoms with E-state index in [-0.39, 0.29) is 5.01 Å². The predicted molar refractivity (Wildman–Crippen MR) is 44.5 cm³/mol. The van der Waals surface area contributed by atoms with Crippen molar-refractivity contribution in [2.24, 2.45) is 0 Å². The molecule has 1 aromatic heterocycles. The van der Waals surface area contributed by atoms with Crippen LogP contribution in [0.25, 0.3) is 0 Å². The van der Waals surface area contributed by atoms with Crippen molar-refractivity contribution in [3.05, 3.63) is 10.0 Å². The monoisotopic (exact) mass is 187 g/mol. The smallest absolute Gasteiger partial charge is 0.367 e. The molecule has 0 spiro atoms. The van der Waals surface area contributed by atoms with Gasteiger partial charge >= 0.3 is 5.97 Å². The number of hydrogen-bond donors (Lipinski definition) is 2. The van der Waals surface area contributed by atoms with Crippen LogP contribution in [0.15, 0.2) is 0 Å². The van der Waals surface area contributed by atoms with E-state index in [1.54, 1.807) is 0 Å². The third-order valence-electron chi connectivity index (χ3n) is 1.24. The largest absolute Gasteiger partial charge is 0.476 e. The van der Waals surface area contributed by atoms with Gasteiger partial charge < -0.3 is 10.4 Å². The van der Waals surface area contributed by atoms with E-state index in [1.807, 2.05) is 7.05 Å². The van der Waals surface area contributed by atoms with Crippen molar-refractivity contribution in [1.82, 2.24) is 15.5 Å². The molecule has 0 amide bonds. The van der Waals surface area contributed by atoms with Gasteiger partial charge in [0.1, 0.15) is 5.01 Å². The van der Waals surface area contributed by atoms with Crippen LogP contribution in [0.1, 0.15) is 14.8 Å². The van der Waals surface area contributed by atoms with E-state index >= 15 is 0 Å². The van der Waals surface area contributed by atoms with Crippen molar-refractivity contribution in [3.8, 4) is 0 Å². The summed E-state index contributed by atoms with van der Waals surface area (Å²) in [6.45, 7) is 0.786. The number of likely N-dealkylation sites (N-methyl/N-ethyl adjacent to an activating group) is 1. The summed E-state index contributed by atoms with van der Waals surface area (Å²) in [6, 6.07) is 0. The molecule has 66 valence electrons. The van der Waals surface area contributed by atoms with Gasteiger partial charge in [0.05, 0.1) is 0 Å². The minimum atomic E-state index is -1.01. The van der Waals surface area contributed by atoms with E-state index in [4.69, 9.17) is 5.11 Å². The number of nitrogens with one attached hydrogen (secondary N) is 1. The molecule has 1 rings (SSSR count). The molecule has 0 saturated heterocycles. The lowest BCUT2D eigenvalue weighted by Gasteiger charge is -1.91. The van der Waals surface area contributed by atoms with Gasteiger partial charge in [-0.1, -0.05) is 11.3 Å². The van der Waals surface area contributed by atoms with Gasteiger partial charge in [0.2, 0.25) is 5.01 Å². The highest BCUT2D eigenvalue weighted by molar-refractivity contribution is 7.13. The van der Waals surface area contributed by atoms with Crippen molar-refractivity contribution in [2.75, 3.05) is 13.6 Å². The van der Waals surface area contributed by atoms with Gasteiger partial charge in [-0.15, -0.1) is 10.2 Å². The standard InChI is InChI=1S/C6H9N3O2S/c1-7-3-2-4-8-9-5(12-4)6(10)11/h7H,2-3H2,1H3,(H,10,11). The van der Waals surface area contributed by atoms with Crippen molar-refractivity contribution in [3.63, 3.8) is 0 Å². The summed E-state index contributed by atoms with van der Waals surface area (Å²) in [4.78, 5) is 10.4. The Bertz CT molecular complexity index is 274. The SMILES string of the molecule is CNCCc1nnc(C(=O)O)s1. The van der Waals surface area contributed by atoms with Gasteiger partial charge in [0, 0.05) is 13.0 Å². The average Bonchev–Trinajstić information content (AvgIpc) is 2.48. The second kappa shape index (κ2) is 4.13. The molecule has 2 N–H and O–H groups in total. The Labute approximate surface area is 73.4 Å². The van der Waals surface area contributed by atoms with Gasteiger partial charge in [0.25, 0.3) is 0 Å². The molecule has 0 aliphatic carbocycles. The Morgan fingerprint density at radius 3 is 2.92 bits per heavy atom. The third kappa shape index (κ3) is 2.24. The van der Waals surface area contributed by atoms with Crippen LogP contribution < -0.4 is 5.32 Å². The average molecular weight is 187 g/mol. The maximum atomic E-state index is 10.4. The highest BCUT2D eigenvalue weighted by Gasteiger charge is 2.09. The number of nitrogens with zero attached hydrogens (tertiary/aromatic N) is 2. The molecule has 0 aliphatic rings. The first-order valence-electron chi connectivity index (χ1n) is 3.44. The number of carbonyl (C=O) groups is 1. The second-order valence-electron chi connectivity index (χ2n) is 2.16. The maximum Gasteiger partial charge on any atom is 0.367 e. The molecule has 0 bridgehead atoms. The number of carboxylic acid groups (broad SMARTS) is 1. The molecule has 1 aromatic rings. The molecule has 0 saturated carbocycles. The summed E-state index contributed by atoms with van der Waals surface area (Å²) in [5, 5.41) is 19.5. The molecule has 6 heteroatoms. The zero-order valence-corrected chi connectivity index (χ0v) is 7.39. The number of carboxylic acids is 1. The molecule has 0 aromatic carbocycles. The lowest BCUT2D eigenvalue weighted by molar-refractivity contribution is 0.0695. The van der Waals surface area contributed by atoms with Crippen LogP contribution >= 0.6 is 11.3 Å². The van der Waals surface area contributed by atoms with Gasteiger partial charge in [-0.3, -0.25) is 0 Å². The molecular weight excluding hydrogens is 178 g/mol. The molecule has 0 fully saturated rings. The summed E-state index contributed by atoms with van der Waals surface area (Å²) >= 11 is 1.12. The molecule has 0 radical (unpaired) electrons. The second-order valence-corrected chi connectivity index (χ2v) is 3.22. The quantitative estimate of drug-likeness (QED) is 0.693. The lowest BCUT2D eigenvalue weighted by atomic mass is 10.4. The first kappa shape index (κ1) is 9.08. The highest BCUT2D eigenvalue weighted by atomic mass is 32.1. The fourth-order valence-electron chi connectivity index (χ4n) is 0.673. The lowest BCUT2D eigenvalue weighted by Crippen LogP contribution is -2.09. The van der Waals surface area contributed by atoms with Crippen molar-refractivity contribution >= 4 is 17.3 Å². The summed E-state index contributed by atoms with van der Waals surface area (Å²) in [5.41, 5.74) is 0. The van der Waals surface area contributed by atoms with Crippen LogP contribution in [0.5, 0.6) is 0 Å². The van der Waals surface area contributed by atoms with Crippen LogP contribution in [0.3, 0.4) is 0 Å². The first-order valence-corrected chi connectivity index (χ1v) is 4.26. The Hall–Kier alpha value is -1.01. The highest BCUT2D eigenvalue weighted by Crippen LogP contribution is 2.09. The number of rotatable bonds is 4. The van der Waals surface area contributed by atoms with Gasteiger partial charge in [-0.05, 0) is 7.05 Å². The zero-order chi connectivity index (χ0) is 8.97. The van der Waals surface area contributed by atoms with Crippen LogP contribution in [0.2, 0.25) is 0 Å². The Morgan fingerprint density at radius 2 is 2.42 bits per heavy atom. The predicted octanol–water partition coefficient (Wildman–Crippen LogP) is -0.00180. The Kier molecular flexibility index (Phi) is 3.12. The van der Waals surface area contributed by atoms with Crippen LogP contribution in [0, 0.1) is 0 Å². The number of hydrogen-bond acceptors (Lipinski definition) is 5. The summed E-state index contributed by atoms with van der Waals surface area (Å²) in [5.74, 6) is -1.01. The van der Waals surface area contributed by atoms with Crippen LogP contribution in [0.4, 0.5) is 0 Å². The molecule has 1 heterocycles. The Morgan fingerprint density at radius 1 is 1.67 bits per heavy atom. The van der Waals surface area contributed by atoms with Crippen LogP contribution in [-0.2, 0) is 6.42 Å². The molecule has 0 atom stereocenters. The van der Waals surface area contributed by atoms with E-state index in [9.17, 15) is 4.79 Å². The van der Waals surface area contributed by atoms with E-state index in [0.717, 1.165) is 29.3 Å². The van der Waals surface area contributed by atoms with Crippen molar-refractivity contribution in [1.29, 1.82) is 0 Å². The normalized spacial score (nSPS) is 10.1. The van der Waals surface area contributed by atoms with E-state index in [2.05, 4.69) is 15.5 Å². The zero-order valence-electron chi connectivity index (χ0n) is 6.57. The molecular formula is C6H9N3O2S. The number of aromatic carboxylic acids is 1. The minimum absolute atomic E-state index is 0.0566. The maximum absolute atomic E-state index is 10.4. The summed E-state index contributed by atoms with van der Waals surface area (Å²) < 4.78 is 0. The molecule has 5 nitrogen and oxygen atoms in total. The van der Waals surface area contributed by atoms with E-state index < -0.39 is 5.97 Å². The fraction of sp³-hybridized carbons (Fsp3) is 0.500. The first-order chi connectivity index (χ1) is 5.74. The van der Waals surface area contributed by atoms with E-state index in [0.29, 0.717) is 0 Å². The van der Waals surface area contributed by atoms with Crippen molar-refractivity contribution < 1.29 is 9.90 Å². The number of aromatic nitrogens is 2. The summed E-state index contributed by atoms with van der Waals surface area (Å²) in [7, 11) is 1.83. The minimum Gasteiger partial charge on any atom is -0.476 e. The van der Waals surface area contributed by atoms with Gasteiger partial charge in [-0.2, -0.15) is 0 Å². The van der Waals surface area contributed by atoms with Gasteiger partial charge in [0.15, 0.2) is 0 Å². The Balaban J connectivity index is 2.58.